The number of alkyl halides is 1. The quantitative estimate of drug-likeness (QED) is 0.503. The van der Waals surface area contributed by atoms with Gasteiger partial charge in [0, 0.05) is 3.42 Å². The zero-order valence-corrected chi connectivity index (χ0v) is 10.1. The number of rotatable bonds is 0. The minimum Gasteiger partial charge on any atom is -0.204 e. The van der Waals surface area contributed by atoms with E-state index < -0.39 is 11.6 Å². The Morgan fingerprint density at radius 1 is 1.36 bits per heavy atom. The zero-order valence-electron chi connectivity index (χ0n) is 7.91. The molecule has 0 spiro atoms. The topological polar surface area (TPSA) is 0 Å². The molecule has 0 aromatic heterocycles. The predicted octanol–water partition coefficient (Wildman–Crippen LogP) is 3.95. The van der Waals surface area contributed by atoms with Gasteiger partial charge in [0.25, 0.3) is 0 Å². The summed E-state index contributed by atoms with van der Waals surface area (Å²) in [6, 6.07) is 2.95. The Bertz CT molecular complexity index is 372. The van der Waals surface area contributed by atoms with E-state index >= 15 is 0 Å². The fourth-order valence-electron chi connectivity index (χ4n) is 2.06. The zero-order chi connectivity index (χ0) is 10.3. The summed E-state index contributed by atoms with van der Waals surface area (Å²) >= 11 is 2.32. The first-order valence-electron chi connectivity index (χ1n) is 4.68. The number of hydrogen-bond acceptors (Lipinski definition) is 0. The van der Waals surface area contributed by atoms with Crippen molar-refractivity contribution >= 4 is 22.6 Å². The van der Waals surface area contributed by atoms with Crippen molar-refractivity contribution in [2.75, 3.05) is 0 Å². The molecule has 0 saturated heterocycles. The highest BCUT2D eigenvalue weighted by molar-refractivity contribution is 14.1. The normalized spacial score (nSPS) is 26.0. The van der Waals surface area contributed by atoms with E-state index in [1.807, 2.05) is 0 Å². The maximum atomic E-state index is 13.4. The molecule has 1 unspecified atom stereocenters. The lowest BCUT2D eigenvalue weighted by Crippen LogP contribution is -2.22. The van der Waals surface area contributed by atoms with Gasteiger partial charge >= 0.3 is 0 Å². The van der Waals surface area contributed by atoms with Crippen LogP contribution in [-0.2, 0) is 9.84 Å². The van der Waals surface area contributed by atoms with Crippen LogP contribution in [0.2, 0.25) is 0 Å². The van der Waals surface area contributed by atoms with E-state index in [1.54, 1.807) is 6.07 Å². The van der Waals surface area contributed by atoms with Crippen molar-refractivity contribution in [2.45, 2.75) is 29.6 Å². The van der Waals surface area contributed by atoms with Gasteiger partial charge in [0.1, 0.15) is 0 Å². The Hall–Kier alpha value is -0.190. The van der Waals surface area contributed by atoms with Gasteiger partial charge in [-0.15, -0.1) is 0 Å². The first kappa shape index (κ1) is 10.3. The van der Waals surface area contributed by atoms with Crippen molar-refractivity contribution in [3.05, 3.63) is 34.9 Å². The Labute approximate surface area is 95.8 Å². The SMILES string of the molecule is CC1(I)CCCc2c1ccc(F)c2F. The van der Waals surface area contributed by atoms with Crippen LogP contribution in [-0.4, -0.2) is 0 Å². The molecule has 76 valence electrons. The van der Waals surface area contributed by atoms with Gasteiger partial charge in [-0.3, -0.25) is 0 Å². The second-order valence-corrected chi connectivity index (χ2v) is 6.32. The van der Waals surface area contributed by atoms with Gasteiger partial charge in [0.05, 0.1) is 0 Å². The fourth-order valence-corrected chi connectivity index (χ4v) is 2.94. The Kier molecular flexibility index (Phi) is 2.53. The van der Waals surface area contributed by atoms with Crippen LogP contribution in [0.1, 0.15) is 30.9 Å². The second kappa shape index (κ2) is 3.43. The summed E-state index contributed by atoms with van der Waals surface area (Å²) in [5.41, 5.74) is 1.54. The molecule has 0 fully saturated rings. The van der Waals surface area contributed by atoms with E-state index in [4.69, 9.17) is 0 Å². The molecule has 0 bridgehead atoms. The Balaban J connectivity index is 2.62. The Morgan fingerprint density at radius 3 is 2.79 bits per heavy atom. The van der Waals surface area contributed by atoms with Crippen LogP contribution in [0.4, 0.5) is 8.78 Å². The van der Waals surface area contributed by atoms with E-state index in [0.29, 0.717) is 12.0 Å². The second-order valence-electron chi connectivity index (χ2n) is 3.94. The van der Waals surface area contributed by atoms with E-state index in [0.717, 1.165) is 18.4 Å². The molecule has 1 aliphatic carbocycles. The molecule has 3 heteroatoms. The molecule has 0 N–H and O–H groups in total. The van der Waals surface area contributed by atoms with E-state index in [9.17, 15) is 8.78 Å². The molecule has 1 aliphatic rings. The average Bonchev–Trinajstić information content (AvgIpc) is 2.11. The van der Waals surface area contributed by atoms with Gasteiger partial charge in [0.2, 0.25) is 0 Å². The molecule has 0 radical (unpaired) electrons. The monoisotopic (exact) mass is 308 g/mol. The van der Waals surface area contributed by atoms with Gasteiger partial charge in [-0.1, -0.05) is 28.7 Å². The standard InChI is InChI=1S/C11H11F2I/c1-11(14)6-2-3-7-8(11)4-5-9(12)10(7)13/h4-5H,2-3,6H2,1H3. The van der Waals surface area contributed by atoms with Gasteiger partial charge in [-0.2, -0.15) is 0 Å². The molecule has 1 aromatic carbocycles. The lowest BCUT2D eigenvalue weighted by atomic mass is 9.83. The van der Waals surface area contributed by atoms with Gasteiger partial charge in [-0.05, 0) is 43.4 Å². The highest BCUT2D eigenvalue weighted by atomic mass is 127. The van der Waals surface area contributed by atoms with Crippen molar-refractivity contribution in [3.8, 4) is 0 Å². The minimum absolute atomic E-state index is 0.0418. The summed E-state index contributed by atoms with van der Waals surface area (Å²) in [5, 5.41) is 0. The third-order valence-corrected chi connectivity index (χ3v) is 3.95. The van der Waals surface area contributed by atoms with Crippen LogP contribution < -0.4 is 0 Å². The maximum Gasteiger partial charge on any atom is 0.162 e. The van der Waals surface area contributed by atoms with Crippen LogP contribution in [0.25, 0.3) is 0 Å². The molecule has 0 heterocycles. The summed E-state index contributed by atoms with van der Waals surface area (Å²) in [6.45, 7) is 2.07. The maximum absolute atomic E-state index is 13.4. The van der Waals surface area contributed by atoms with Crippen molar-refractivity contribution in [3.63, 3.8) is 0 Å². The third kappa shape index (κ3) is 1.55. The summed E-state index contributed by atoms with van der Waals surface area (Å²) < 4.78 is 26.4. The van der Waals surface area contributed by atoms with Gasteiger partial charge in [0.15, 0.2) is 11.6 Å². The van der Waals surface area contributed by atoms with Crippen molar-refractivity contribution < 1.29 is 8.78 Å². The van der Waals surface area contributed by atoms with Crippen LogP contribution in [0.5, 0.6) is 0 Å². The van der Waals surface area contributed by atoms with Gasteiger partial charge in [-0.25, -0.2) is 8.78 Å². The molecule has 1 aromatic rings. The number of halogens is 3. The van der Waals surface area contributed by atoms with Crippen LogP contribution >= 0.6 is 22.6 Å². The molecular weight excluding hydrogens is 297 g/mol. The largest absolute Gasteiger partial charge is 0.204 e. The van der Waals surface area contributed by atoms with Crippen molar-refractivity contribution in [2.24, 2.45) is 0 Å². The third-order valence-electron chi connectivity index (χ3n) is 2.83. The van der Waals surface area contributed by atoms with Gasteiger partial charge < -0.3 is 0 Å². The van der Waals surface area contributed by atoms with Crippen molar-refractivity contribution in [1.29, 1.82) is 0 Å². The molecule has 0 aliphatic heterocycles. The van der Waals surface area contributed by atoms with Crippen LogP contribution in [0, 0.1) is 11.6 Å². The number of fused-ring (bicyclic) bond motifs is 1. The predicted molar refractivity (Wildman–Crippen MR) is 60.7 cm³/mol. The average molecular weight is 308 g/mol. The summed E-state index contributed by atoms with van der Waals surface area (Å²) in [4.78, 5) is 0. The number of hydrogen-bond donors (Lipinski definition) is 0. The van der Waals surface area contributed by atoms with Crippen molar-refractivity contribution in [1.82, 2.24) is 0 Å². The molecular formula is C11H11F2I. The molecule has 2 rings (SSSR count). The van der Waals surface area contributed by atoms with E-state index in [2.05, 4.69) is 29.5 Å². The molecule has 14 heavy (non-hydrogen) atoms. The fraction of sp³-hybridized carbons (Fsp3) is 0.455. The lowest BCUT2D eigenvalue weighted by Gasteiger charge is -2.30. The lowest BCUT2D eigenvalue weighted by molar-refractivity contribution is 0.473. The van der Waals surface area contributed by atoms with Crippen LogP contribution in [0.3, 0.4) is 0 Å². The summed E-state index contributed by atoms with van der Waals surface area (Å²) in [5.74, 6) is -1.37. The van der Waals surface area contributed by atoms with E-state index in [-0.39, 0.29) is 3.42 Å². The minimum atomic E-state index is -0.724. The van der Waals surface area contributed by atoms with Crippen LogP contribution in [0.15, 0.2) is 12.1 Å². The number of benzene rings is 1. The molecule has 0 saturated carbocycles. The first-order valence-corrected chi connectivity index (χ1v) is 5.76. The highest BCUT2D eigenvalue weighted by Crippen LogP contribution is 2.43. The summed E-state index contributed by atoms with van der Waals surface area (Å²) in [7, 11) is 0. The smallest absolute Gasteiger partial charge is 0.162 e. The summed E-state index contributed by atoms with van der Waals surface area (Å²) in [6.07, 6.45) is 2.63. The first-order chi connectivity index (χ1) is 6.52. The molecule has 0 amide bonds. The Morgan fingerprint density at radius 2 is 2.07 bits per heavy atom. The molecule has 1 atom stereocenters. The highest BCUT2D eigenvalue weighted by Gasteiger charge is 2.31. The molecule has 0 nitrogen and oxygen atoms in total. The van der Waals surface area contributed by atoms with E-state index in [1.165, 1.54) is 6.07 Å².